The largest absolute Gasteiger partial charge is 0.401 e. The highest BCUT2D eigenvalue weighted by atomic mass is 79.9. The van der Waals surface area contributed by atoms with Gasteiger partial charge in [0, 0.05) is 15.5 Å². The van der Waals surface area contributed by atoms with Gasteiger partial charge in [-0.05, 0) is 120 Å². The van der Waals surface area contributed by atoms with Crippen LogP contribution in [0.15, 0.2) is 22.7 Å². The Bertz CT molecular complexity index is 699. The van der Waals surface area contributed by atoms with Gasteiger partial charge in [-0.3, -0.25) is 4.90 Å². The van der Waals surface area contributed by atoms with Gasteiger partial charge in [0.2, 0.25) is 0 Å². The van der Waals surface area contributed by atoms with E-state index in [1.165, 1.54) is 44.3 Å². The van der Waals surface area contributed by atoms with Crippen LogP contribution in [0.1, 0.15) is 63.9 Å². The van der Waals surface area contributed by atoms with E-state index in [2.05, 4.69) is 26.9 Å². The normalized spacial score (nSPS) is 23.7. The van der Waals surface area contributed by atoms with E-state index in [0.29, 0.717) is 12.5 Å². The van der Waals surface area contributed by atoms with Crippen LogP contribution in [0.25, 0.3) is 0 Å². The van der Waals surface area contributed by atoms with E-state index in [1.54, 1.807) is 4.90 Å². The van der Waals surface area contributed by atoms with Crippen LogP contribution < -0.4 is 0 Å². The second-order valence-corrected chi connectivity index (χ2v) is 11.0. The maximum Gasteiger partial charge on any atom is 0.401 e. The molecule has 0 N–H and O–H groups in total. The van der Waals surface area contributed by atoms with Crippen molar-refractivity contribution in [2.24, 2.45) is 11.8 Å². The molecule has 3 rings (SSSR count). The van der Waals surface area contributed by atoms with Crippen LogP contribution in [-0.4, -0.2) is 54.7 Å². The molecule has 0 radical (unpaired) electrons. The molecule has 1 saturated heterocycles. The molecule has 0 aromatic heterocycles. The van der Waals surface area contributed by atoms with Crippen LogP contribution in [0, 0.1) is 11.8 Å². The Balaban J connectivity index is 1.30. The molecule has 1 saturated carbocycles. The van der Waals surface area contributed by atoms with Gasteiger partial charge < -0.3 is 4.90 Å². The average Bonchev–Trinajstić information content (AvgIpc) is 2.76. The fourth-order valence-electron chi connectivity index (χ4n) is 5.56. The van der Waals surface area contributed by atoms with Crippen LogP contribution in [0.5, 0.6) is 0 Å². The molecule has 1 aliphatic carbocycles. The van der Waals surface area contributed by atoms with E-state index in [-0.39, 0.29) is 6.04 Å². The van der Waals surface area contributed by atoms with Crippen molar-refractivity contribution in [3.05, 3.63) is 33.3 Å². The molecule has 0 bridgehead atoms. The van der Waals surface area contributed by atoms with Crippen LogP contribution in [0.4, 0.5) is 13.2 Å². The molecule has 0 atom stereocenters. The topological polar surface area (TPSA) is 6.48 Å². The smallest absolute Gasteiger partial charge is 0.303 e. The zero-order chi connectivity index (χ0) is 23.1. The van der Waals surface area contributed by atoms with Crippen LogP contribution in [0.3, 0.4) is 0 Å². The van der Waals surface area contributed by atoms with Gasteiger partial charge in [-0.15, -0.1) is 0 Å². The standard InChI is InChI=1S/C25H37BrClF3N2/c1-2-32(18-25(28,29)30)23-8-5-19(6-9-23)4-3-13-31-14-11-20(12-15-31)16-21-17-22(27)7-10-24(21)26/h7,10,17,19-20,23H,2-6,8-9,11-16,18H2,1H3/t19-,23-. The molecule has 0 amide bonds. The highest BCUT2D eigenvalue weighted by Crippen LogP contribution is 2.32. The van der Waals surface area contributed by atoms with E-state index in [4.69, 9.17) is 11.6 Å². The molecule has 1 aromatic carbocycles. The molecule has 1 heterocycles. The van der Waals surface area contributed by atoms with Crippen molar-refractivity contribution in [3.8, 4) is 0 Å². The molecular formula is C25H37BrClF3N2. The molecule has 2 nitrogen and oxygen atoms in total. The summed E-state index contributed by atoms with van der Waals surface area (Å²) in [5.41, 5.74) is 1.31. The first kappa shape index (κ1) is 26.3. The summed E-state index contributed by atoms with van der Waals surface area (Å²) in [6.45, 7) is 5.05. The summed E-state index contributed by atoms with van der Waals surface area (Å²) in [4.78, 5) is 4.22. The van der Waals surface area contributed by atoms with Gasteiger partial charge in [0.15, 0.2) is 0 Å². The van der Waals surface area contributed by atoms with E-state index < -0.39 is 12.7 Å². The zero-order valence-electron chi connectivity index (χ0n) is 19.1. The van der Waals surface area contributed by atoms with Gasteiger partial charge >= 0.3 is 6.18 Å². The molecule has 2 aliphatic rings. The van der Waals surface area contributed by atoms with E-state index >= 15 is 0 Å². The number of rotatable bonds is 9. The number of hydrogen-bond donors (Lipinski definition) is 0. The third-order valence-corrected chi connectivity index (χ3v) is 8.44. The summed E-state index contributed by atoms with van der Waals surface area (Å²) >= 11 is 9.81. The van der Waals surface area contributed by atoms with Crippen molar-refractivity contribution < 1.29 is 13.2 Å². The first-order chi connectivity index (χ1) is 15.2. The van der Waals surface area contributed by atoms with Gasteiger partial charge in [0.25, 0.3) is 0 Å². The molecule has 0 spiro atoms. The Labute approximate surface area is 205 Å². The lowest BCUT2D eigenvalue weighted by Crippen LogP contribution is -2.43. The van der Waals surface area contributed by atoms with E-state index in [9.17, 15) is 13.2 Å². The maximum absolute atomic E-state index is 12.8. The minimum Gasteiger partial charge on any atom is -0.303 e. The first-order valence-corrected chi connectivity index (χ1v) is 13.4. The van der Waals surface area contributed by atoms with Crippen molar-refractivity contribution in [1.82, 2.24) is 9.80 Å². The highest BCUT2D eigenvalue weighted by molar-refractivity contribution is 9.10. The number of piperidine rings is 1. The number of nitrogens with zero attached hydrogens (tertiary/aromatic N) is 2. The molecule has 2 fully saturated rings. The quantitative estimate of drug-likeness (QED) is 0.320. The van der Waals surface area contributed by atoms with Crippen molar-refractivity contribution in [3.63, 3.8) is 0 Å². The number of likely N-dealkylation sites (tertiary alicyclic amines) is 1. The number of alkyl halides is 3. The average molecular weight is 538 g/mol. The molecule has 32 heavy (non-hydrogen) atoms. The summed E-state index contributed by atoms with van der Waals surface area (Å²) in [5.74, 6) is 1.41. The Morgan fingerprint density at radius 1 is 1.06 bits per heavy atom. The minimum absolute atomic E-state index is 0.108. The Kier molecular flexibility index (Phi) is 10.2. The number of halogens is 5. The second-order valence-electron chi connectivity index (χ2n) is 9.72. The lowest BCUT2D eigenvalue weighted by atomic mass is 9.82. The fraction of sp³-hybridized carbons (Fsp3) is 0.760. The number of hydrogen-bond acceptors (Lipinski definition) is 2. The van der Waals surface area contributed by atoms with Gasteiger partial charge in [-0.1, -0.05) is 34.5 Å². The minimum atomic E-state index is -4.09. The van der Waals surface area contributed by atoms with Gasteiger partial charge in [0.1, 0.15) is 0 Å². The van der Waals surface area contributed by atoms with Crippen LogP contribution >= 0.6 is 27.5 Å². The predicted octanol–water partition coefficient (Wildman–Crippen LogP) is 7.58. The summed E-state index contributed by atoms with van der Waals surface area (Å²) in [5, 5.41) is 0.803. The van der Waals surface area contributed by atoms with Crippen LogP contribution in [0.2, 0.25) is 5.02 Å². The molecule has 7 heteroatoms. The van der Waals surface area contributed by atoms with Gasteiger partial charge in [-0.25, -0.2) is 0 Å². The summed E-state index contributed by atoms with van der Waals surface area (Å²) in [7, 11) is 0. The van der Waals surface area contributed by atoms with Crippen molar-refractivity contribution in [2.45, 2.75) is 76.9 Å². The molecule has 1 aromatic rings. The molecule has 182 valence electrons. The second kappa shape index (κ2) is 12.4. The predicted molar refractivity (Wildman–Crippen MR) is 130 cm³/mol. The fourth-order valence-corrected chi connectivity index (χ4v) is 6.16. The lowest BCUT2D eigenvalue weighted by molar-refractivity contribution is -0.152. The van der Waals surface area contributed by atoms with Gasteiger partial charge in [-0.2, -0.15) is 13.2 Å². The lowest BCUT2D eigenvalue weighted by Gasteiger charge is -2.37. The Morgan fingerprint density at radius 2 is 1.75 bits per heavy atom. The molecular weight excluding hydrogens is 501 g/mol. The third-order valence-electron chi connectivity index (χ3n) is 7.43. The van der Waals surface area contributed by atoms with Gasteiger partial charge in [0.05, 0.1) is 6.54 Å². The number of benzene rings is 1. The monoisotopic (exact) mass is 536 g/mol. The van der Waals surface area contributed by atoms with Crippen molar-refractivity contribution >= 4 is 27.5 Å². The Morgan fingerprint density at radius 3 is 2.38 bits per heavy atom. The van der Waals surface area contributed by atoms with E-state index in [1.807, 2.05) is 19.1 Å². The summed E-state index contributed by atoms with van der Waals surface area (Å²) in [6, 6.07) is 6.15. The van der Waals surface area contributed by atoms with E-state index in [0.717, 1.165) is 54.1 Å². The zero-order valence-corrected chi connectivity index (χ0v) is 21.5. The highest BCUT2D eigenvalue weighted by Gasteiger charge is 2.34. The summed E-state index contributed by atoms with van der Waals surface area (Å²) < 4.78 is 39.5. The maximum atomic E-state index is 12.8. The molecule has 0 unspecified atom stereocenters. The first-order valence-electron chi connectivity index (χ1n) is 12.2. The third kappa shape index (κ3) is 8.48. The van der Waals surface area contributed by atoms with Crippen molar-refractivity contribution in [2.75, 3.05) is 32.7 Å². The van der Waals surface area contributed by atoms with Crippen LogP contribution in [-0.2, 0) is 6.42 Å². The van der Waals surface area contributed by atoms with Crippen molar-refractivity contribution in [1.29, 1.82) is 0 Å². The SMILES string of the molecule is CCN(CC(F)(F)F)[C@H]1CC[C@H](CCCN2CCC(Cc3cc(Cl)ccc3Br)CC2)CC1. The summed E-state index contributed by atoms with van der Waals surface area (Å²) in [6.07, 6.45) is 5.87. The molecule has 1 aliphatic heterocycles. The Hall–Kier alpha value is -0.300.